The number of guanidine groups is 1. The summed E-state index contributed by atoms with van der Waals surface area (Å²) in [6, 6.07) is 8.45. The Balaban J connectivity index is 0.00000364. The molecule has 1 aromatic rings. The fourth-order valence-electron chi connectivity index (χ4n) is 3.56. The van der Waals surface area contributed by atoms with E-state index in [2.05, 4.69) is 60.7 Å². The Kier molecular flexibility index (Phi) is 10.6. The van der Waals surface area contributed by atoms with Crippen LogP contribution in [0, 0.1) is 11.3 Å². The molecule has 0 bridgehead atoms. The van der Waals surface area contributed by atoms with Crippen LogP contribution in [0.1, 0.15) is 44.7 Å². The summed E-state index contributed by atoms with van der Waals surface area (Å²) in [5, 5.41) is 6.88. The lowest BCUT2D eigenvalue weighted by atomic mass is 9.78. The van der Waals surface area contributed by atoms with Crippen LogP contribution in [0.15, 0.2) is 29.3 Å². The van der Waals surface area contributed by atoms with Crippen LogP contribution in [0.4, 0.5) is 0 Å². The van der Waals surface area contributed by atoms with Gasteiger partial charge in [0.25, 0.3) is 0 Å². The zero-order chi connectivity index (χ0) is 19.0. The van der Waals surface area contributed by atoms with Gasteiger partial charge >= 0.3 is 0 Å². The van der Waals surface area contributed by atoms with Gasteiger partial charge in [-0.3, -0.25) is 4.99 Å². The van der Waals surface area contributed by atoms with E-state index in [1.807, 2.05) is 7.05 Å². The van der Waals surface area contributed by atoms with Crippen molar-refractivity contribution >= 4 is 29.9 Å². The third-order valence-corrected chi connectivity index (χ3v) is 4.85. The number of aliphatic imine (C=N–C) groups is 1. The van der Waals surface area contributed by atoms with Crippen LogP contribution in [0.25, 0.3) is 0 Å². The second-order valence-electron chi connectivity index (χ2n) is 8.12. The zero-order valence-electron chi connectivity index (χ0n) is 17.4. The van der Waals surface area contributed by atoms with Crippen molar-refractivity contribution in [2.45, 2.75) is 52.9 Å². The molecular formula is C21H36IN3O2. The highest BCUT2D eigenvalue weighted by Crippen LogP contribution is 2.33. The first-order valence-corrected chi connectivity index (χ1v) is 9.57. The fourth-order valence-corrected chi connectivity index (χ4v) is 3.56. The van der Waals surface area contributed by atoms with Gasteiger partial charge in [-0.15, -0.1) is 24.0 Å². The molecule has 2 N–H and O–H groups in total. The molecule has 2 rings (SSSR count). The summed E-state index contributed by atoms with van der Waals surface area (Å²) in [6.45, 7) is 9.94. The van der Waals surface area contributed by atoms with Crippen molar-refractivity contribution in [3.8, 4) is 0 Å². The monoisotopic (exact) mass is 489 g/mol. The van der Waals surface area contributed by atoms with Gasteiger partial charge in [0, 0.05) is 39.8 Å². The Morgan fingerprint density at radius 2 is 1.85 bits per heavy atom. The van der Waals surface area contributed by atoms with Gasteiger partial charge in [0.2, 0.25) is 0 Å². The summed E-state index contributed by atoms with van der Waals surface area (Å²) in [7, 11) is 3.53. The first kappa shape index (κ1) is 24.2. The summed E-state index contributed by atoms with van der Waals surface area (Å²) >= 11 is 0. The molecule has 0 saturated carbocycles. The second-order valence-corrected chi connectivity index (χ2v) is 8.12. The largest absolute Gasteiger partial charge is 0.380 e. The SMILES string of the molecule is CN=C(NCc1ccc(COC)cc1)NCC1CCCOC1C(C)(C)C.I. The quantitative estimate of drug-likeness (QED) is 0.361. The number of halogens is 1. The average Bonchev–Trinajstić information content (AvgIpc) is 2.63. The maximum atomic E-state index is 6.07. The maximum absolute atomic E-state index is 6.07. The van der Waals surface area contributed by atoms with Crippen LogP contribution < -0.4 is 10.6 Å². The summed E-state index contributed by atoms with van der Waals surface area (Å²) in [5.74, 6) is 1.35. The number of ether oxygens (including phenoxy) is 2. The first-order chi connectivity index (χ1) is 12.4. The van der Waals surface area contributed by atoms with Crippen molar-refractivity contribution in [3.05, 3.63) is 35.4 Å². The number of nitrogens with zero attached hydrogens (tertiary/aromatic N) is 1. The molecule has 1 heterocycles. The standard InChI is InChI=1S/C21H35N3O2.HI/c1-21(2,3)19-18(7-6-12-26-19)14-24-20(22-4)23-13-16-8-10-17(11-9-16)15-25-5;/h8-11,18-19H,6-7,12-15H2,1-5H3,(H2,22,23,24);1H. The second kappa shape index (κ2) is 11.9. The summed E-state index contributed by atoms with van der Waals surface area (Å²) < 4.78 is 11.2. The van der Waals surface area contributed by atoms with E-state index in [-0.39, 0.29) is 35.5 Å². The molecule has 2 atom stereocenters. The number of hydrogen-bond acceptors (Lipinski definition) is 3. The van der Waals surface area contributed by atoms with Gasteiger partial charge in [-0.2, -0.15) is 0 Å². The number of benzene rings is 1. The van der Waals surface area contributed by atoms with Gasteiger partial charge < -0.3 is 20.1 Å². The van der Waals surface area contributed by atoms with Crippen molar-refractivity contribution in [3.63, 3.8) is 0 Å². The molecule has 0 radical (unpaired) electrons. The average molecular weight is 489 g/mol. The van der Waals surface area contributed by atoms with Crippen LogP contribution >= 0.6 is 24.0 Å². The lowest BCUT2D eigenvalue weighted by Gasteiger charge is -2.40. The number of rotatable bonds is 6. The van der Waals surface area contributed by atoms with Crippen molar-refractivity contribution < 1.29 is 9.47 Å². The third-order valence-electron chi connectivity index (χ3n) is 4.85. The Labute approximate surface area is 181 Å². The number of methoxy groups -OCH3 is 1. The van der Waals surface area contributed by atoms with Gasteiger partial charge in [-0.1, -0.05) is 45.0 Å². The Morgan fingerprint density at radius 1 is 1.19 bits per heavy atom. The molecule has 5 nitrogen and oxygen atoms in total. The van der Waals surface area contributed by atoms with Gasteiger partial charge in [-0.05, 0) is 29.4 Å². The van der Waals surface area contributed by atoms with E-state index in [1.54, 1.807) is 7.11 Å². The van der Waals surface area contributed by atoms with Crippen LogP contribution in [0.2, 0.25) is 0 Å². The van der Waals surface area contributed by atoms with Crippen LogP contribution in [-0.4, -0.2) is 39.4 Å². The summed E-state index contributed by atoms with van der Waals surface area (Å²) in [6.07, 6.45) is 2.63. The molecule has 0 aliphatic carbocycles. The van der Waals surface area contributed by atoms with E-state index in [4.69, 9.17) is 9.47 Å². The Hall–Kier alpha value is -0.860. The Morgan fingerprint density at radius 3 is 2.44 bits per heavy atom. The minimum Gasteiger partial charge on any atom is -0.380 e. The Bertz CT molecular complexity index is 570. The molecule has 1 aliphatic heterocycles. The summed E-state index contributed by atoms with van der Waals surface area (Å²) in [4.78, 5) is 4.36. The smallest absolute Gasteiger partial charge is 0.191 e. The first-order valence-electron chi connectivity index (χ1n) is 9.57. The third kappa shape index (κ3) is 7.95. The molecule has 154 valence electrons. The summed E-state index contributed by atoms with van der Waals surface area (Å²) in [5.41, 5.74) is 2.57. The van der Waals surface area contributed by atoms with Gasteiger partial charge in [0.1, 0.15) is 0 Å². The van der Waals surface area contributed by atoms with E-state index in [0.717, 1.165) is 32.1 Å². The number of nitrogens with one attached hydrogen (secondary N) is 2. The minimum atomic E-state index is 0. The zero-order valence-corrected chi connectivity index (χ0v) is 19.7. The van der Waals surface area contributed by atoms with Crippen molar-refractivity contribution in [1.29, 1.82) is 0 Å². The van der Waals surface area contributed by atoms with Crippen molar-refractivity contribution in [2.75, 3.05) is 27.3 Å². The normalized spacial score (nSPS) is 20.7. The van der Waals surface area contributed by atoms with E-state index in [1.165, 1.54) is 17.5 Å². The molecule has 1 aromatic carbocycles. The minimum absolute atomic E-state index is 0. The lowest BCUT2D eigenvalue weighted by Crippen LogP contribution is -2.47. The van der Waals surface area contributed by atoms with E-state index in [9.17, 15) is 0 Å². The van der Waals surface area contributed by atoms with Crippen molar-refractivity contribution in [1.82, 2.24) is 10.6 Å². The molecule has 1 saturated heterocycles. The van der Waals surface area contributed by atoms with E-state index in [0.29, 0.717) is 12.5 Å². The molecule has 1 fully saturated rings. The van der Waals surface area contributed by atoms with E-state index < -0.39 is 0 Å². The highest BCUT2D eigenvalue weighted by molar-refractivity contribution is 14.0. The molecule has 0 spiro atoms. The predicted molar refractivity (Wildman–Crippen MR) is 123 cm³/mol. The van der Waals surface area contributed by atoms with Crippen molar-refractivity contribution in [2.24, 2.45) is 16.3 Å². The maximum Gasteiger partial charge on any atom is 0.191 e. The van der Waals surface area contributed by atoms with Crippen LogP contribution in [0.3, 0.4) is 0 Å². The van der Waals surface area contributed by atoms with Gasteiger partial charge in [0.15, 0.2) is 5.96 Å². The lowest BCUT2D eigenvalue weighted by molar-refractivity contribution is -0.0835. The molecule has 1 aliphatic rings. The molecule has 6 heteroatoms. The fraction of sp³-hybridized carbons (Fsp3) is 0.667. The van der Waals surface area contributed by atoms with Crippen LogP contribution in [-0.2, 0) is 22.6 Å². The predicted octanol–water partition coefficient (Wildman–Crippen LogP) is 3.96. The molecule has 0 amide bonds. The molecular weight excluding hydrogens is 453 g/mol. The van der Waals surface area contributed by atoms with E-state index >= 15 is 0 Å². The topological polar surface area (TPSA) is 54.9 Å². The van der Waals surface area contributed by atoms with Gasteiger partial charge in [0.05, 0.1) is 12.7 Å². The highest BCUT2D eigenvalue weighted by atomic mass is 127. The molecule has 0 aromatic heterocycles. The van der Waals surface area contributed by atoms with Crippen LogP contribution in [0.5, 0.6) is 0 Å². The number of hydrogen-bond donors (Lipinski definition) is 2. The highest BCUT2D eigenvalue weighted by Gasteiger charge is 2.35. The molecule has 2 unspecified atom stereocenters. The molecule has 27 heavy (non-hydrogen) atoms. The van der Waals surface area contributed by atoms with Gasteiger partial charge in [-0.25, -0.2) is 0 Å².